The maximum Gasteiger partial charge on any atom is 0.407 e. The molecule has 1 fully saturated rings. The van der Waals surface area contributed by atoms with Gasteiger partial charge in [-0.15, -0.1) is 0 Å². The molecule has 12 heteroatoms. The van der Waals surface area contributed by atoms with Gasteiger partial charge < -0.3 is 30.1 Å². The van der Waals surface area contributed by atoms with Crippen LogP contribution >= 0.6 is 22.6 Å². The van der Waals surface area contributed by atoms with Gasteiger partial charge in [-0.3, -0.25) is 9.48 Å². The van der Waals surface area contributed by atoms with Crippen LogP contribution in [-0.2, 0) is 6.54 Å². The van der Waals surface area contributed by atoms with Crippen LogP contribution in [0.5, 0.6) is 11.5 Å². The highest BCUT2D eigenvalue weighted by molar-refractivity contribution is 14.1. The molecule has 3 heterocycles. The number of para-hydroxylation sites is 1. The number of likely N-dealkylation sites (tertiary alicyclic amines) is 1. The fourth-order valence-corrected chi connectivity index (χ4v) is 6.40. The summed E-state index contributed by atoms with van der Waals surface area (Å²) in [7, 11) is 3.23. The van der Waals surface area contributed by atoms with E-state index in [0.29, 0.717) is 53.9 Å². The Morgan fingerprint density at radius 2 is 1.83 bits per heavy atom. The van der Waals surface area contributed by atoms with Gasteiger partial charge in [-0.2, -0.15) is 5.10 Å². The summed E-state index contributed by atoms with van der Waals surface area (Å²) in [5.41, 5.74) is 4.52. The zero-order valence-corrected chi connectivity index (χ0v) is 27.5. The molecular formula is C34H33IN6O5. The Hall–Kier alpha value is -4.85. The number of carbonyl (C=O) groups is 2. The maximum atomic E-state index is 13.0. The monoisotopic (exact) mass is 732 g/mol. The molecule has 0 aliphatic carbocycles. The lowest BCUT2D eigenvalue weighted by molar-refractivity contribution is 0.102. The molecule has 3 N–H and O–H groups in total. The number of hydrogen-bond donors (Lipinski definition) is 3. The van der Waals surface area contributed by atoms with Crippen molar-refractivity contribution in [1.29, 1.82) is 0 Å². The molecule has 0 bridgehead atoms. The molecular weight excluding hydrogens is 699 g/mol. The Morgan fingerprint density at radius 3 is 2.54 bits per heavy atom. The molecule has 236 valence electrons. The quantitative estimate of drug-likeness (QED) is 0.140. The number of carboxylic acid groups (broad SMARTS) is 1. The lowest BCUT2D eigenvalue weighted by Gasteiger charge is -2.31. The van der Waals surface area contributed by atoms with Crippen LogP contribution in [0, 0.1) is 3.57 Å². The van der Waals surface area contributed by atoms with Crippen molar-refractivity contribution in [3.8, 4) is 22.8 Å². The van der Waals surface area contributed by atoms with Gasteiger partial charge in [0.05, 0.1) is 34.7 Å². The predicted octanol–water partition coefficient (Wildman–Crippen LogP) is 6.90. The zero-order chi connectivity index (χ0) is 32.2. The van der Waals surface area contributed by atoms with Gasteiger partial charge in [-0.1, -0.05) is 30.3 Å². The van der Waals surface area contributed by atoms with Gasteiger partial charge in [0.15, 0.2) is 0 Å². The van der Waals surface area contributed by atoms with Gasteiger partial charge >= 0.3 is 6.09 Å². The SMILES string of the molecule is COc1ccc(CNc2ncc(I)c3c2c(-c2ccc(C(=O)Nc4ccccc4)cc2)nn3[C@@H]2CCCN(C(=O)O)C2)c(OC)c1. The smallest absolute Gasteiger partial charge is 0.407 e. The molecule has 11 nitrogen and oxygen atoms in total. The van der Waals surface area contributed by atoms with Gasteiger partial charge in [0, 0.05) is 54.3 Å². The molecule has 3 aromatic carbocycles. The van der Waals surface area contributed by atoms with Crippen molar-refractivity contribution in [1.82, 2.24) is 19.7 Å². The molecule has 0 saturated carbocycles. The Kier molecular flexibility index (Phi) is 9.24. The summed E-state index contributed by atoms with van der Waals surface area (Å²) >= 11 is 2.26. The van der Waals surface area contributed by atoms with Gasteiger partial charge in [0.25, 0.3) is 5.91 Å². The van der Waals surface area contributed by atoms with Gasteiger partial charge in [-0.25, -0.2) is 9.78 Å². The average Bonchev–Trinajstić information content (AvgIpc) is 3.50. The third kappa shape index (κ3) is 6.43. The molecule has 0 unspecified atom stereocenters. The van der Waals surface area contributed by atoms with E-state index >= 15 is 0 Å². The van der Waals surface area contributed by atoms with Crippen molar-refractivity contribution in [2.45, 2.75) is 25.4 Å². The van der Waals surface area contributed by atoms with E-state index in [-0.39, 0.29) is 11.9 Å². The number of halogens is 1. The summed E-state index contributed by atoms with van der Waals surface area (Å²) in [6.07, 6.45) is 2.40. The number of carbonyl (C=O) groups excluding carboxylic acids is 1. The first-order valence-corrected chi connectivity index (χ1v) is 15.9. The predicted molar refractivity (Wildman–Crippen MR) is 185 cm³/mol. The van der Waals surface area contributed by atoms with Crippen molar-refractivity contribution < 1.29 is 24.2 Å². The van der Waals surface area contributed by atoms with E-state index in [1.165, 1.54) is 4.90 Å². The second-order valence-electron chi connectivity index (χ2n) is 10.9. The molecule has 1 aliphatic heterocycles. The fraction of sp³-hybridized carbons (Fsp3) is 0.235. The number of fused-ring (bicyclic) bond motifs is 1. The van der Waals surface area contributed by atoms with Crippen LogP contribution in [0.3, 0.4) is 0 Å². The van der Waals surface area contributed by atoms with Crippen LogP contribution in [0.25, 0.3) is 22.2 Å². The normalized spacial score (nSPS) is 14.6. The van der Waals surface area contributed by atoms with E-state index in [4.69, 9.17) is 19.6 Å². The van der Waals surface area contributed by atoms with Gasteiger partial charge in [-0.05, 0) is 71.8 Å². The Bertz CT molecular complexity index is 1880. The van der Waals surface area contributed by atoms with E-state index in [9.17, 15) is 14.7 Å². The van der Waals surface area contributed by atoms with E-state index < -0.39 is 6.09 Å². The Morgan fingerprint density at radius 1 is 1.04 bits per heavy atom. The highest BCUT2D eigenvalue weighted by atomic mass is 127. The zero-order valence-electron chi connectivity index (χ0n) is 25.4. The second kappa shape index (κ2) is 13.6. The first kappa shape index (κ1) is 31.1. The molecule has 1 saturated heterocycles. The van der Waals surface area contributed by atoms with Crippen LogP contribution in [0.4, 0.5) is 16.3 Å². The third-order valence-corrected chi connectivity index (χ3v) is 8.88. The molecule has 2 amide bonds. The first-order chi connectivity index (χ1) is 22.4. The average molecular weight is 733 g/mol. The van der Waals surface area contributed by atoms with Crippen molar-refractivity contribution in [2.75, 3.05) is 37.9 Å². The molecule has 1 atom stereocenters. The Balaban J connectivity index is 1.40. The summed E-state index contributed by atoms with van der Waals surface area (Å²) in [6.45, 7) is 1.27. The molecule has 0 spiro atoms. The number of methoxy groups -OCH3 is 2. The van der Waals surface area contributed by atoms with Gasteiger partial charge in [0.2, 0.25) is 0 Å². The molecule has 6 rings (SSSR count). The number of ether oxygens (including phenoxy) is 2. The van der Waals surface area contributed by atoms with Crippen LogP contribution in [0.15, 0.2) is 79.0 Å². The number of amides is 2. The second-order valence-corrected chi connectivity index (χ2v) is 12.1. The summed E-state index contributed by atoms with van der Waals surface area (Å²) in [5, 5.41) is 22.1. The van der Waals surface area contributed by atoms with E-state index in [2.05, 4.69) is 33.2 Å². The van der Waals surface area contributed by atoms with E-state index in [1.807, 2.05) is 65.3 Å². The van der Waals surface area contributed by atoms with Gasteiger partial charge in [0.1, 0.15) is 23.0 Å². The minimum Gasteiger partial charge on any atom is -0.497 e. The number of piperidine rings is 1. The van der Waals surface area contributed by atoms with E-state index in [1.54, 1.807) is 32.5 Å². The number of benzene rings is 3. The third-order valence-electron chi connectivity index (χ3n) is 8.09. The van der Waals surface area contributed by atoms with Crippen LogP contribution in [-0.4, -0.2) is 64.1 Å². The topological polar surface area (TPSA) is 131 Å². The lowest BCUT2D eigenvalue weighted by Crippen LogP contribution is -2.40. The number of pyridine rings is 1. The highest BCUT2D eigenvalue weighted by Crippen LogP contribution is 2.38. The fourth-order valence-electron chi connectivity index (χ4n) is 5.74. The number of nitrogens with zero attached hydrogens (tertiary/aromatic N) is 4. The van der Waals surface area contributed by atoms with Crippen LogP contribution in [0.1, 0.15) is 34.8 Å². The van der Waals surface area contributed by atoms with Crippen molar-refractivity contribution in [3.63, 3.8) is 0 Å². The summed E-state index contributed by atoms with van der Waals surface area (Å²) < 4.78 is 13.8. The highest BCUT2D eigenvalue weighted by Gasteiger charge is 2.29. The molecule has 5 aromatic rings. The first-order valence-electron chi connectivity index (χ1n) is 14.8. The number of aromatic nitrogens is 3. The number of nitrogens with one attached hydrogen (secondary N) is 2. The number of anilines is 2. The lowest BCUT2D eigenvalue weighted by atomic mass is 10.0. The standard InChI is InChI=1S/C34H33IN6O5/c1-45-26-15-14-23(28(17-26)46-2)18-36-32-29-30(21-10-12-22(13-11-21)33(42)38-24-7-4-3-5-8-24)39-41(31(29)27(35)19-37-32)25-9-6-16-40(20-25)34(43)44/h3-5,7-8,10-15,17,19,25H,6,9,16,18,20H2,1-2H3,(H,36,37)(H,38,42)(H,43,44)/t25-/m1/s1. The maximum absolute atomic E-state index is 13.0. The summed E-state index contributed by atoms with van der Waals surface area (Å²) in [6, 6.07) is 22.1. The van der Waals surface area contributed by atoms with Crippen LogP contribution < -0.4 is 20.1 Å². The van der Waals surface area contributed by atoms with Crippen molar-refractivity contribution >= 4 is 57.0 Å². The minimum atomic E-state index is -0.932. The number of hydrogen-bond acceptors (Lipinski definition) is 7. The minimum absolute atomic E-state index is 0.150. The summed E-state index contributed by atoms with van der Waals surface area (Å²) in [5.74, 6) is 1.80. The largest absolute Gasteiger partial charge is 0.497 e. The van der Waals surface area contributed by atoms with E-state index in [0.717, 1.165) is 38.4 Å². The van der Waals surface area contributed by atoms with Crippen molar-refractivity contribution in [2.24, 2.45) is 0 Å². The Labute approximate surface area is 279 Å². The molecule has 1 aliphatic rings. The van der Waals surface area contributed by atoms with Crippen molar-refractivity contribution in [3.05, 3.63) is 93.7 Å². The summed E-state index contributed by atoms with van der Waals surface area (Å²) in [4.78, 5) is 31.1. The molecule has 2 aromatic heterocycles. The molecule has 0 radical (unpaired) electrons. The molecule has 46 heavy (non-hydrogen) atoms. The number of rotatable bonds is 9. The van der Waals surface area contributed by atoms with Crippen LogP contribution in [0.2, 0.25) is 0 Å².